The number of pyridine rings is 1. The fourth-order valence-corrected chi connectivity index (χ4v) is 5.00. The molecule has 0 atom stereocenters. The van der Waals surface area contributed by atoms with Gasteiger partial charge >= 0.3 is 0 Å². The van der Waals surface area contributed by atoms with Crippen molar-refractivity contribution in [1.29, 1.82) is 0 Å². The van der Waals surface area contributed by atoms with Crippen molar-refractivity contribution in [2.24, 2.45) is 0 Å². The number of sulfonamides is 1. The summed E-state index contributed by atoms with van der Waals surface area (Å²) in [6.45, 7) is 0.261. The lowest BCUT2D eigenvalue weighted by Crippen LogP contribution is -2.23. The minimum Gasteiger partial charge on any atom is -0.474 e. The van der Waals surface area contributed by atoms with E-state index >= 15 is 0 Å². The van der Waals surface area contributed by atoms with Crippen LogP contribution in [0.15, 0.2) is 71.8 Å². The average Bonchev–Trinajstić information content (AvgIpc) is 3.32. The van der Waals surface area contributed by atoms with E-state index in [0.717, 1.165) is 18.4 Å². The highest BCUT2D eigenvalue weighted by Gasteiger charge is 2.19. The summed E-state index contributed by atoms with van der Waals surface area (Å²) < 4.78 is 33.9. The Morgan fingerprint density at radius 1 is 1.06 bits per heavy atom. The van der Waals surface area contributed by atoms with Gasteiger partial charge in [0.25, 0.3) is 15.9 Å². The van der Waals surface area contributed by atoms with Crippen LogP contribution in [-0.4, -0.2) is 25.4 Å². The molecule has 1 heterocycles. The van der Waals surface area contributed by atoms with Crippen molar-refractivity contribution in [3.63, 3.8) is 0 Å². The number of anilines is 1. The molecule has 0 unspecified atom stereocenters. The van der Waals surface area contributed by atoms with Crippen LogP contribution >= 0.6 is 11.6 Å². The second-order valence-corrected chi connectivity index (χ2v) is 9.91. The van der Waals surface area contributed by atoms with Crippen molar-refractivity contribution in [2.45, 2.75) is 43.2 Å². The molecule has 2 N–H and O–H groups in total. The zero-order chi connectivity index (χ0) is 23.3. The first-order valence-corrected chi connectivity index (χ1v) is 12.5. The molecular weight excluding hydrogens is 462 g/mol. The van der Waals surface area contributed by atoms with Gasteiger partial charge in [0.1, 0.15) is 6.10 Å². The van der Waals surface area contributed by atoms with E-state index < -0.39 is 10.0 Å². The molecule has 0 spiro atoms. The number of hydrogen-bond donors (Lipinski definition) is 2. The maximum Gasteiger partial charge on any atom is 0.261 e. The van der Waals surface area contributed by atoms with Gasteiger partial charge in [0.15, 0.2) is 0 Å². The van der Waals surface area contributed by atoms with Gasteiger partial charge in [0.2, 0.25) is 5.88 Å². The van der Waals surface area contributed by atoms with E-state index in [1.165, 1.54) is 31.0 Å². The van der Waals surface area contributed by atoms with Crippen molar-refractivity contribution in [3.05, 3.63) is 83.0 Å². The Labute approximate surface area is 198 Å². The third-order valence-electron chi connectivity index (χ3n) is 5.37. The van der Waals surface area contributed by atoms with Crippen molar-refractivity contribution >= 4 is 33.2 Å². The highest BCUT2D eigenvalue weighted by Crippen LogP contribution is 2.25. The normalized spacial score (nSPS) is 14.1. The van der Waals surface area contributed by atoms with E-state index in [1.807, 2.05) is 6.07 Å². The number of nitrogens with one attached hydrogen (secondary N) is 2. The Balaban J connectivity index is 1.41. The summed E-state index contributed by atoms with van der Waals surface area (Å²) in [6, 6.07) is 16.0. The molecule has 1 amide bonds. The van der Waals surface area contributed by atoms with Crippen molar-refractivity contribution < 1.29 is 17.9 Å². The van der Waals surface area contributed by atoms with Gasteiger partial charge in [-0.25, -0.2) is 13.4 Å². The number of benzene rings is 2. The Morgan fingerprint density at radius 2 is 1.85 bits per heavy atom. The lowest BCUT2D eigenvalue weighted by molar-refractivity contribution is 0.0950. The standard InChI is InChI=1S/C24H24ClN3O4S/c25-21-10-3-4-11-22(21)28-33(30,31)20-9-5-6-18(15-20)24(29)27-16-17-12-13-26-23(14-17)32-19-7-1-2-8-19/h3-6,9-15,19,28H,1-2,7-8,16H2,(H,27,29). The van der Waals surface area contributed by atoms with E-state index in [2.05, 4.69) is 15.0 Å². The SMILES string of the molecule is O=C(NCc1ccnc(OC2CCCC2)c1)c1cccc(S(=O)(=O)Nc2ccccc2Cl)c1. The van der Waals surface area contributed by atoms with Crippen LogP contribution in [0, 0.1) is 0 Å². The first-order chi connectivity index (χ1) is 15.9. The van der Waals surface area contributed by atoms with Crippen LogP contribution in [-0.2, 0) is 16.6 Å². The molecule has 1 aliphatic carbocycles. The molecule has 1 saturated carbocycles. The molecule has 33 heavy (non-hydrogen) atoms. The lowest BCUT2D eigenvalue weighted by Gasteiger charge is -2.13. The summed E-state index contributed by atoms with van der Waals surface area (Å²) in [4.78, 5) is 16.9. The molecule has 1 aromatic heterocycles. The number of amides is 1. The van der Waals surface area contributed by atoms with Crippen LogP contribution in [0.2, 0.25) is 5.02 Å². The molecule has 1 fully saturated rings. The molecule has 172 valence electrons. The number of ether oxygens (including phenoxy) is 1. The van der Waals surface area contributed by atoms with E-state index in [4.69, 9.17) is 16.3 Å². The molecule has 0 bridgehead atoms. The van der Waals surface area contributed by atoms with Gasteiger partial charge in [0, 0.05) is 24.4 Å². The number of carbonyl (C=O) groups excluding carboxylic acids is 1. The molecule has 2 aromatic carbocycles. The van der Waals surface area contributed by atoms with E-state index in [9.17, 15) is 13.2 Å². The van der Waals surface area contributed by atoms with Gasteiger partial charge in [-0.2, -0.15) is 0 Å². The fraction of sp³-hybridized carbons (Fsp3) is 0.250. The first kappa shape index (κ1) is 23.1. The quantitative estimate of drug-likeness (QED) is 0.478. The zero-order valence-electron chi connectivity index (χ0n) is 17.8. The maximum absolute atomic E-state index is 12.8. The molecule has 9 heteroatoms. The predicted octanol–water partition coefficient (Wildman–Crippen LogP) is 4.79. The zero-order valence-corrected chi connectivity index (χ0v) is 19.4. The summed E-state index contributed by atoms with van der Waals surface area (Å²) in [6.07, 6.45) is 6.26. The fourth-order valence-electron chi connectivity index (χ4n) is 3.64. The molecular formula is C24H24ClN3O4S. The monoisotopic (exact) mass is 485 g/mol. The smallest absolute Gasteiger partial charge is 0.261 e. The number of carbonyl (C=O) groups is 1. The Bertz CT molecular complexity index is 1240. The van der Waals surface area contributed by atoms with Crippen molar-refractivity contribution in [3.8, 4) is 5.88 Å². The van der Waals surface area contributed by atoms with Gasteiger partial charge < -0.3 is 10.1 Å². The molecule has 0 radical (unpaired) electrons. The van der Waals surface area contributed by atoms with Gasteiger partial charge in [-0.15, -0.1) is 0 Å². The highest BCUT2D eigenvalue weighted by atomic mass is 35.5. The summed E-state index contributed by atoms with van der Waals surface area (Å²) in [5, 5.41) is 3.10. The van der Waals surface area contributed by atoms with E-state index in [0.29, 0.717) is 5.88 Å². The number of rotatable bonds is 8. The summed E-state index contributed by atoms with van der Waals surface area (Å²) >= 11 is 6.05. The second kappa shape index (κ2) is 10.2. The third-order valence-corrected chi connectivity index (χ3v) is 7.06. The highest BCUT2D eigenvalue weighted by molar-refractivity contribution is 7.92. The lowest BCUT2D eigenvalue weighted by atomic mass is 10.2. The largest absolute Gasteiger partial charge is 0.474 e. The van der Waals surface area contributed by atoms with Crippen molar-refractivity contribution in [1.82, 2.24) is 10.3 Å². The maximum atomic E-state index is 12.8. The predicted molar refractivity (Wildman–Crippen MR) is 127 cm³/mol. The molecule has 7 nitrogen and oxygen atoms in total. The van der Waals surface area contributed by atoms with Gasteiger partial charge in [-0.1, -0.05) is 29.8 Å². The van der Waals surface area contributed by atoms with Crippen LogP contribution in [0.5, 0.6) is 5.88 Å². The number of halogens is 1. The number of aromatic nitrogens is 1. The topological polar surface area (TPSA) is 97.4 Å². The van der Waals surface area contributed by atoms with Gasteiger partial charge in [0.05, 0.1) is 15.6 Å². The molecule has 3 aromatic rings. The summed E-state index contributed by atoms with van der Waals surface area (Å²) in [7, 11) is -3.92. The van der Waals surface area contributed by atoms with Crippen LogP contribution < -0.4 is 14.8 Å². The minimum atomic E-state index is -3.92. The Kier molecular flexibility index (Phi) is 7.15. The van der Waals surface area contributed by atoms with Crippen LogP contribution in [0.4, 0.5) is 5.69 Å². The Hall–Kier alpha value is -3.10. The van der Waals surface area contributed by atoms with Crippen LogP contribution in [0.25, 0.3) is 0 Å². The minimum absolute atomic E-state index is 0.0359. The summed E-state index contributed by atoms with van der Waals surface area (Å²) in [5.74, 6) is 0.159. The van der Waals surface area contributed by atoms with E-state index in [1.54, 1.807) is 42.6 Å². The Morgan fingerprint density at radius 3 is 2.64 bits per heavy atom. The number of para-hydroxylation sites is 1. The van der Waals surface area contributed by atoms with Gasteiger partial charge in [-0.05, 0) is 67.6 Å². The van der Waals surface area contributed by atoms with E-state index in [-0.39, 0.29) is 39.7 Å². The molecule has 0 saturated heterocycles. The van der Waals surface area contributed by atoms with Crippen molar-refractivity contribution in [2.75, 3.05) is 4.72 Å². The van der Waals surface area contributed by atoms with Crippen LogP contribution in [0.1, 0.15) is 41.6 Å². The first-order valence-electron chi connectivity index (χ1n) is 10.7. The third kappa shape index (κ3) is 6.03. The molecule has 1 aliphatic rings. The molecule has 4 rings (SSSR count). The van der Waals surface area contributed by atoms with Gasteiger partial charge in [-0.3, -0.25) is 9.52 Å². The number of nitrogens with zero attached hydrogens (tertiary/aromatic N) is 1. The second-order valence-electron chi connectivity index (χ2n) is 7.82. The van der Waals surface area contributed by atoms with Crippen LogP contribution in [0.3, 0.4) is 0 Å². The summed E-state index contributed by atoms with van der Waals surface area (Å²) in [5.41, 5.74) is 1.34. The number of hydrogen-bond acceptors (Lipinski definition) is 5. The average molecular weight is 486 g/mol. The molecule has 0 aliphatic heterocycles.